The van der Waals surface area contributed by atoms with Crippen molar-refractivity contribution in [2.24, 2.45) is 0 Å². The average Bonchev–Trinajstić information content (AvgIpc) is 3.14. The summed E-state index contributed by atoms with van der Waals surface area (Å²) in [5.41, 5.74) is 6.14. The molecule has 0 saturated carbocycles. The van der Waals surface area contributed by atoms with Crippen LogP contribution in [0.1, 0.15) is 35.2 Å². The van der Waals surface area contributed by atoms with Gasteiger partial charge in [0.05, 0.1) is 18.7 Å². The summed E-state index contributed by atoms with van der Waals surface area (Å²) < 4.78 is 5.28. The van der Waals surface area contributed by atoms with Gasteiger partial charge in [0, 0.05) is 12.7 Å². The fourth-order valence-corrected chi connectivity index (χ4v) is 4.27. The third-order valence-corrected chi connectivity index (χ3v) is 5.82. The molecule has 2 unspecified atom stereocenters. The number of nitrogens with zero attached hydrogens (tertiary/aromatic N) is 1. The van der Waals surface area contributed by atoms with E-state index in [1.54, 1.807) is 4.90 Å². The Morgan fingerprint density at radius 3 is 2.50 bits per heavy atom. The van der Waals surface area contributed by atoms with E-state index in [9.17, 15) is 4.79 Å². The van der Waals surface area contributed by atoms with E-state index in [0.717, 1.165) is 18.5 Å². The lowest BCUT2D eigenvalue weighted by molar-refractivity contribution is 0.0996. The van der Waals surface area contributed by atoms with Crippen LogP contribution in [0.3, 0.4) is 0 Å². The molecule has 3 aromatic rings. The molecule has 0 bridgehead atoms. The van der Waals surface area contributed by atoms with Gasteiger partial charge in [-0.2, -0.15) is 0 Å². The van der Waals surface area contributed by atoms with Gasteiger partial charge in [-0.05, 0) is 48.1 Å². The second-order valence-electron chi connectivity index (χ2n) is 7.72. The number of carbonyl (C=O) groups excluding carboxylic acids is 1. The molecular weight excluding hydrogens is 372 g/mol. The van der Waals surface area contributed by atoms with Gasteiger partial charge in [0.15, 0.2) is 0 Å². The van der Waals surface area contributed by atoms with E-state index in [4.69, 9.17) is 4.74 Å². The molecule has 30 heavy (non-hydrogen) atoms. The fraction of sp³-hybridized carbons (Fsp3) is 0.269. The largest absolute Gasteiger partial charge is 0.450 e. The lowest BCUT2D eigenvalue weighted by Crippen LogP contribution is -2.42. The maximum atomic E-state index is 12.5. The molecular formula is C26H28N2O2. The first-order chi connectivity index (χ1) is 14.7. The Morgan fingerprint density at radius 1 is 1.00 bits per heavy atom. The number of rotatable bonds is 6. The smallest absolute Gasteiger partial charge is 0.409 e. The van der Waals surface area contributed by atoms with Crippen molar-refractivity contribution in [3.63, 3.8) is 0 Å². The Balaban J connectivity index is 1.63. The Bertz CT molecular complexity index is 1000. The molecule has 0 aliphatic heterocycles. The van der Waals surface area contributed by atoms with Gasteiger partial charge in [-0.3, -0.25) is 0 Å². The number of nitrogens with one attached hydrogen (secondary N) is 1. The summed E-state index contributed by atoms with van der Waals surface area (Å²) in [4.78, 5) is 14.2. The molecule has 0 saturated heterocycles. The van der Waals surface area contributed by atoms with E-state index in [2.05, 4.69) is 78.1 Å². The summed E-state index contributed by atoms with van der Waals surface area (Å²) >= 11 is 0. The highest BCUT2D eigenvalue weighted by atomic mass is 16.6. The van der Waals surface area contributed by atoms with Crippen molar-refractivity contribution in [1.82, 2.24) is 4.90 Å². The second kappa shape index (κ2) is 9.04. The number of carbonyl (C=O) groups is 1. The molecule has 4 rings (SSSR count). The van der Waals surface area contributed by atoms with E-state index < -0.39 is 0 Å². The topological polar surface area (TPSA) is 41.6 Å². The Labute approximate surface area is 178 Å². The van der Waals surface area contributed by atoms with Crippen LogP contribution < -0.4 is 5.32 Å². The number of para-hydroxylation sites is 1. The summed E-state index contributed by atoms with van der Waals surface area (Å²) in [5.74, 6) is 0. The van der Waals surface area contributed by atoms with E-state index in [1.165, 1.54) is 22.3 Å². The Morgan fingerprint density at radius 2 is 1.70 bits per heavy atom. The molecule has 1 amide bonds. The van der Waals surface area contributed by atoms with Gasteiger partial charge in [-0.15, -0.1) is 0 Å². The zero-order valence-electron chi connectivity index (χ0n) is 17.5. The van der Waals surface area contributed by atoms with Gasteiger partial charge in [0.1, 0.15) is 0 Å². The van der Waals surface area contributed by atoms with Gasteiger partial charge in [-0.1, -0.05) is 72.8 Å². The van der Waals surface area contributed by atoms with Gasteiger partial charge >= 0.3 is 6.09 Å². The average molecular weight is 401 g/mol. The van der Waals surface area contributed by atoms with Crippen LogP contribution in [0.25, 0.3) is 0 Å². The van der Waals surface area contributed by atoms with Crippen LogP contribution in [-0.4, -0.2) is 30.7 Å². The minimum Gasteiger partial charge on any atom is -0.450 e. The van der Waals surface area contributed by atoms with Crippen LogP contribution in [0.5, 0.6) is 0 Å². The highest BCUT2D eigenvalue weighted by Crippen LogP contribution is 2.37. The minimum atomic E-state index is -0.278. The zero-order valence-corrected chi connectivity index (χ0v) is 17.5. The van der Waals surface area contributed by atoms with Gasteiger partial charge in [0.2, 0.25) is 0 Å². The van der Waals surface area contributed by atoms with Crippen molar-refractivity contribution < 1.29 is 9.53 Å². The number of ether oxygens (including phenoxy) is 1. The number of anilines is 1. The molecule has 2 atom stereocenters. The van der Waals surface area contributed by atoms with Gasteiger partial charge < -0.3 is 15.0 Å². The summed E-state index contributed by atoms with van der Waals surface area (Å²) in [6.07, 6.45) is 1.39. The predicted molar refractivity (Wildman–Crippen MR) is 121 cm³/mol. The number of likely N-dealkylation sites (N-methyl/N-ethyl adjacent to an activating group) is 1. The SMILES string of the molecule is CCOC(=O)N(C)C1Cc2ccccc2C1Nc1ccccc1Cc1ccccc1. The van der Waals surface area contributed by atoms with Crippen molar-refractivity contribution in [1.29, 1.82) is 0 Å². The zero-order chi connectivity index (χ0) is 20.9. The van der Waals surface area contributed by atoms with Crippen molar-refractivity contribution in [2.75, 3.05) is 19.0 Å². The molecule has 1 N–H and O–H groups in total. The fourth-order valence-electron chi connectivity index (χ4n) is 4.27. The lowest BCUT2D eigenvalue weighted by atomic mass is 10.0. The molecule has 1 aliphatic rings. The molecule has 0 fully saturated rings. The first-order valence-electron chi connectivity index (χ1n) is 10.5. The summed E-state index contributed by atoms with van der Waals surface area (Å²) in [6.45, 7) is 2.21. The van der Waals surface area contributed by atoms with E-state index >= 15 is 0 Å². The quantitative estimate of drug-likeness (QED) is 0.599. The van der Waals surface area contributed by atoms with E-state index in [0.29, 0.717) is 6.61 Å². The second-order valence-corrected chi connectivity index (χ2v) is 7.72. The molecule has 0 radical (unpaired) electrons. The molecule has 3 aromatic carbocycles. The first-order valence-corrected chi connectivity index (χ1v) is 10.5. The molecule has 0 spiro atoms. The van der Waals surface area contributed by atoms with E-state index in [1.807, 2.05) is 20.0 Å². The maximum absolute atomic E-state index is 12.5. The van der Waals surface area contributed by atoms with Crippen LogP contribution >= 0.6 is 0 Å². The third kappa shape index (κ3) is 4.18. The minimum absolute atomic E-state index is 0.00697. The predicted octanol–water partition coefficient (Wildman–Crippen LogP) is 5.44. The number of fused-ring (bicyclic) bond motifs is 1. The summed E-state index contributed by atoms with van der Waals surface area (Å²) in [5, 5.41) is 3.76. The Kier molecular flexibility index (Phi) is 6.03. The monoisotopic (exact) mass is 400 g/mol. The maximum Gasteiger partial charge on any atom is 0.409 e. The van der Waals surface area contributed by atoms with Crippen LogP contribution in [0, 0.1) is 0 Å². The number of benzene rings is 3. The van der Waals surface area contributed by atoms with Crippen LogP contribution in [-0.2, 0) is 17.6 Å². The van der Waals surface area contributed by atoms with Crippen LogP contribution in [0.2, 0.25) is 0 Å². The highest BCUT2D eigenvalue weighted by Gasteiger charge is 2.37. The third-order valence-electron chi connectivity index (χ3n) is 5.82. The number of amides is 1. The van der Waals surface area contributed by atoms with Crippen molar-refractivity contribution in [3.8, 4) is 0 Å². The standard InChI is InChI=1S/C26H28N2O2/c1-3-30-26(29)28(2)24-18-20-13-7-9-15-22(20)25(24)27-23-16-10-8-14-21(23)17-19-11-5-4-6-12-19/h4-16,24-25,27H,3,17-18H2,1-2H3. The van der Waals surface area contributed by atoms with Gasteiger partial charge in [-0.25, -0.2) is 4.79 Å². The van der Waals surface area contributed by atoms with Crippen LogP contribution in [0.15, 0.2) is 78.9 Å². The Hall–Kier alpha value is -3.27. The number of hydrogen-bond donors (Lipinski definition) is 1. The van der Waals surface area contributed by atoms with Crippen LogP contribution in [0.4, 0.5) is 10.5 Å². The highest BCUT2D eigenvalue weighted by molar-refractivity contribution is 5.68. The molecule has 4 nitrogen and oxygen atoms in total. The molecule has 0 heterocycles. The normalized spacial score (nSPS) is 17.3. The van der Waals surface area contributed by atoms with Crippen molar-refractivity contribution >= 4 is 11.8 Å². The first kappa shape index (κ1) is 20.0. The summed E-state index contributed by atoms with van der Waals surface area (Å²) in [6, 6.07) is 27.4. The van der Waals surface area contributed by atoms with E-state index in [-0.39, 0.29) is 18.2 Å². The van der Waals surface area contributed by atoms with Crippen molar-refractivity contribution in [2.45, 2.75) is 31.8 Å². The lowest BCUT2D eigenvalue weighted by Gasteiger charge is -2.31. The van der Waals surface area contributed by atoms with Crippen molar-refractivity contribution in [3.05, 3.63) is 101 Å². The number of hydrogen-bond acceptors (Lipinski definition) is 3. The molecule has 1 aliphatic carbocycles. The van der Waals surface area contributed by atoms with Gasteiger partial charge in [0.25, 0.3) is 0 Å². The molecule has 0 aromatic heterocycles. The summed E-state index contributed by atoms with van der Waals surface area (Å²) in [7, 11) is 1.83. The molecule has 154 valence electrons. The molecule has 4 heteroatoms.